The average molecular weight is 259 g/mol. The third-order valence-corrected chi connectivity index (χ3v) is 2.58. The van der Waals surface area contributed by atoms with Crippen molar-refractivity contribution in [2.45, 2.75) is 0 Å². The second kappa shape index (κ2) is 5.64. The molecule has 96 valence electrons. The number of hydrogen-bond acceptors (Lipinski definition) is 3. The lowest BCUT2D eigenvalue weighted by Crippen LogP contribution is -2.34. The Morgan fingerprint density at radius 1 is 1.05 bits per heavy atom. The summed E-state index contributed by atoms with van der Waals surface area (Å²) in [6, 6.07) is 12.5. The Hall–Kier alpha value is -2.18. The van der Waals surface area contributed by atoms with E-state index >= 15 is 0 Å². The fraction of sp³-hybridized carbons (Fsp3) is 0. The third kappa shape index (κ3) is 2.99. The van der Waals surface area contributed by atoms with Gasteiger partial charge in [-0.2, -0.15) is 0 Å². The second-order valence-electron chi connectivity index (χ2n) is 3.90. The number of amides is 1. The molecule has 0 fully saturated rings. The highest BCUT2D eigenvalue weighted by molar-refractivity contribution is 6.58. The van der Waals surface area contributed by atoms with Crippen LogP contribution in [0.1, 0.15) is 10.4 Å². The van der Waals surface area contributed by atoms with Crippen LogP contribution in [0.2, 0.25) is 0 Å². The molecule has 2 aromatic rings. The lowest BCUT2D eigenvalue weighted by molar-refractivity contribution is 0.102. The van der Waals surface area contributed by atoms with E-state index in [0.29, 0.717) is 5.69 Å². The normalized spacial score (nSPS) is 10.1. The van der Waals surface area contributed by atoms with Crippen molar-refractivity contribution < 1.29 is 19.2 Å². The Balaban J connectivity index is 2.27. The van der Waals surface area contributed by atoms with Crippen LogP contribution in [0.3, 0.4) is 0 Å². The second-order valence-corrected chi connectivity index (χ2v) is 3.90. The van der Waals surface area contributed by atoms with Crippen molar-refractivity contribution in [3.8, 4) is 0 Å². The molecular formula is C13H11BFNO3. The van der Waals surface area contributed by atoms with Crippen molar-refractivity contribution in [2.24, 2.45) is 0 Å². The summed E-state index contributed by atoms with van der Waals surface area (Å²) in [5, 5.41) is 20.5. The van der Waals surface area contributed by atoms with E-state index in [-0.39, 0.29) is 11.0 Å². The van der Waals surface area contributed by atoms with Crippen molar-refractivity contribution in [1.29, 1.82) is 0 Å². The van der Waals surface area contributed by atoms with Gasteiger partial charge in [0.2, 0.25) is 0 Å². The molecule has 0 heterocycles. The third-order valence-electron chi connectivity index (χ3n) is 2.58. The maximum absolute atomic E-state index is 13.9. The largest absolute Gasteiger partial charge is 0.491 e. The first kappa shape index (κ1) is 13.3. The predicted molar refractivity (Wildman–Crippen MR) is 70.6 cm³/mol. The van der Waals surface area contributed by atoms with Gasteiger partial charge in [0.05, 0.1) is 5.56 Å². The van der Waals surface area contributed by atoms with Crippen LogP contribution in [0.4, 0.5) is 10.1 Å². The van der Waals surface area contributed by atoms with Crippen molar-refractivity contribution in [1.82, 2.24) is 0 Å². The molecule has 0 atom stereocenters. The molecule has 0 radical (unpaired) electrons. The quantitative estimate of drug-likeness (QED) is 0.712. The molecule has 4 nitrogen and oxygen atoms in total. The molecule has 3 N–H and O–H groups in total. The van der Waals surface area contributed by atoms with Gasteiger partial charge in [0.25, 0.3) is 5.91 Å². The molecule has 0 spiro atoms. The number of benzene rings is 2. The zero-order valence-electron chi connectivity index (χ0n) is 9.88. The van der Waals surface area contributed by atoms with Gasteiger partial charge in [-0.1, -0.05) is 30.3 Å². The van der Waals surface area contributed by atoms with Gasteiger partial charge < -0.3 is 15.4 Å². The summed E-state index contributed by atoms with van der Waals surface area (Å²) < 4.78 is 13.9. The number of anilines is 1. The van der Waals surface area contributed by atoms with Gasteiger partial charge in [0.15, 0.2) is 0 Å². The number of carbonyl (C=O) groups excluding carboxylic acids is 1. The molecule has 2 rings (SSSR count). The number of para-hydroxylation sites is 1. The van der Waals surface area contributed by atoms with Crippen LogP contribution in [0.25, 0.3) is 0 Å². The molecule has 0 aliphatic heterocycles. The predicted octanol–water partition coefficient (Wildman–Crippen LogP) is 0.758. The summed E-state index contributed by atoms with van der Waals surface area (Å²) in [4.78, 5) is 11.9. The summed E-state index contributed by atoms with van der Waals surface area (Å²) in [5.41, 5.74) is -0.0444. The standard InChI is InChI=1S/C13H11BFNO3/c15-12-10(7-4-8-11(12)14(18)19)13(17)16-9-5-2-1-3-6-9/h1-8,18-19H,(H,16,17). The van der Waals surface area contributed by atoms with Crippen LogP contribution in [0.15, 0.2) is 48.5 Å². The first-order chi connectivity index (χ1) is 9.09. The number of halogens is 1. The van der Waals surface area contributed by atoms with Gasteiger partial charge >= 0.3 is 7.12 Å². The van der Waals surface area contributed by atoms with Crippen LogP contribution >= 0.6 is 0 Å². The minimum atomic E-state index is -1.95. The van der Waals surface area contributed by atoms with Crippen LogP contribution in [-0.4, -0.2) is 23.1 Å². The monoisotopic (exact) mass is 259 g/mol. The van der Waals surface area contributed by atoms with Crippen LogP contribution in [-0.2, 0) is 0 Å². The lowest BCUT2D eigenvalue weighted by Gasteiger charge is -2.08. The Bertz CT molecular complexity index is 590. The highest BCUT2D eigenvalue weighted by Gasteiger charge is 2.21. The SMILES string of the molecule is O=C(Nc1ccccc1)c1cccc(B(O)O)c1F. The molecule has 1 amide bonds. The van der Waals surface area contributed by atoms with Crippen molar-refractivity contribution in [2.75, 3.05) is 5.32 Å². The molecule has 0 bridgehead atoms. The number of rotatable bonds is 3. The Kier molecular flexibility index (Phi) is 3.94. The van der Waals surface area contributed by atoms with Crippen molar-refractivity contribution in [3.05, 3.63) is 59.9 Å². The van der Waals surface area contributed by atoms with Crippen molar-refractivity contribution >= 4 is 24.2 Å². The van der Waals surface area contributed by atoms with E-state index < -0.39 is 18.8 Å². The summed E-state index contributed by atoms with van der Waals surface area (Å²) >= 11 is 0. The topological polar surface area (TPSA) is 69.6 Å². The van der Waals surface area contributed by atoms with E-state index in [1.54, 1.807) is 30.3 Å². The van der Waals surface area contributed by atoms with E-state index in [1.165, 1.54) is 18.2 Å². The maximum Gasteiger partial charge on any atom is 0.491 e. The first-order valence-electron chi connectivity index (χ1n) is 5.60. The molecule has 0 unspecified atom stereocenters. The molecule has 0 aliphatic carbocycles. The number of carbonyl (C=O) groups is 1. The van der Waals surface area contributed by atoms with E-state index in [2.05, 4.69) is 5.32 Å². The van der Waals surface area contributed by atoms with Gasteiger partial charge in [-0.15, -0.1) is 0 Å². The Labute approximate surface area is 109 Å². The van der Waals surface area contributed by atoms with Gasteiger partial charge in [-0.05, 0) is 18.2 Å². The maximum atomic E-state index is 13.9. The Morgan fingerprint density at radius 2 is 1.74 bits per heavy atom. The fourth-order valence-corrected chi connectivity index (χ4v) is 1.64. The summed E-state index contributed by atoms with van der Waals surface area (Å²) in [6.07, 6.45) is 0. The number of nitrogens with one attached hydrogen (secondary N) is 1. The van der Waals surface area contributed by atoms with Crippen LogP contribution in [0.5, 0.6) is 0 Å². The zero-order chi connectivity index (χ0) is 13.8. The average Bonchev–Trinajstić information content (AvgIpc) is 2.39. The fourth-order valence-electron chi connectivity index (χ4n) is 1.64. The van der Waals surface area contributed by atoms with Gasteiger partial charge in [-0.25, -0.2) is 4.39 Å². The van der Waals surface area contributed by atoms with Gasteiger partial charge in [0.1, 0.15) is 5.82 Å². The van der Waals surface area contributed by atoms with Crippen LogP contribution < -0.4 is 10.8 Å². The molecule has 0 aromatic heterocycles. The smallest absolute Gasteiger partial charge is 0.423 e. The molecule has 19 heavy (non-hydrogen) atoms. The Morgan fingerprint density at radius 3 is 2.37 bits per heavy atom. The first-order valence-corrected chi connectivity index (χ1v) is 5.60. The highest BCUT2D eigenvalue weighted by atomic mass is 19.1. The van der Waals surface area contributed by atoms with Gasteiger partial charge in [0, 0.05) is 11.2 Å². The van der Waals surface area contributed by atoms with E-state index in [1.807, 2.05) is 0 Å². The van der Waals surface area contributed by atoms with E-state index in [9.17, 15) is 9.18 Å². The minimum Gasteiger partial charge on any atom is -0.423 e. The molecule has 0 aliphatic rings. The summed E-state index contributed by atoms with van der Waals surface area (Å²) in [5.74, 6) is -1.59. The van der Waals surface area contributed by atoms with E-state index in [4.69, 9.17) is 10.0 Å². The van der Waals surface area contributed by atoms with E-state index in [0.717, 1.165) is 0 Å². The summed E-state index contributed by atoms with van der Waals surface area (Å²) in [7, 11) is -1.95. The highest BCUT2D eigenvalue weighted by Crippen LogP contribution is 2.10. The van der Waals surface area contributed by atoms with Gasteiger partial charge in [-0.3, -0.25) is 4.79 Å². The molecular weight excluding hydrogens is 248 g/mol. The van der Waals surface area contributed by atoms with Crippen molar-refractivity contribution in [3.63, 3.8) is 0 Å². The lowest BCUT2D eigenvalue weighted by atomic mass is 9.79. The minimum absolute atomic E-state index is 0.241. The van der Waals surface area contributed by atoms with Crippen LogP contribution in [0, 0.1) is 5.82 Å². The zero-order valence-corrected chi connectivity index (χ0v) is 9.88. The summed E-state index contributed by atoms with van der Waals surface area (Å²) in [6.45, 7) is 0. The molecule has 6 heteroatoms. The number of hydrogen-bond donors (Lipinski definition) is 3. The molecule has 0 saturated carbocycles. The molecule has 0 saturated heterocycles. The molecule has 2 aromatic carbocycles.